The molecule has 0 atom stereocenters. The average Bonchev–Trinajstić information content (AvgIpc) is 2.90. The Bertz CT molecular complexity index is 545. The molecule has 1 aromatic carbocycles. The Labute approximate surface area is 131 Å². The van der Waals surface area contributed by atoms with Crippen LogP contribution in [0.2, 0.25) is 0 Å². The molecule has 0 aliphatic carbocycles. The first-order chi connectivity index (χ1) is 9.83. The third kappa shape index (κ3) is 4.35. The number of benzene rings is 1. The molecular weight excluding hydrogens is 282 g/mol. The quantitative estimate of drug-likeness (QED) is 0.466. The smallest absolute Gasteiger partial charge is 0.144 e. The molecule has 2 aromatic rings. The van der Waals surface area contributed by atoms with Crippen molar-refractivity contribution in [2.75, 3.05) is 5.75 Å². The molecule has 3 heteroatoms. The standard InChI is InChI=1S/C17H23NS2/c1-2-3-4-5-6-9-14-20-17(19)18-13-12-15-10-7-8-11-16(15)18/h7-8,10-13H,2-6,9,14H2,1H3. The number of nitrogens with zero attached hydrogens (tertiary/aromatic N) is 1. The minimum Gasteiger partial charge on any atom is -0.302 e. The van der Waals surface area contributed by atoms with Gasteiger partial charge in [-0.05, 0) is 23.9 Å². The van der Waals surface area contributed by atoms with Crippen LogP contribution >= 0.6 is 24.0 Å². The lowest BCUT2D eigenvalue weighted by Crippen LogP contribution is -2.03. The first kappa shape index (κ1) is 15.6. The summed E-state index contributed by atoms with van der Waals surface area (Å²) in [6, 6.07) is 10.5. The van der Waals surface area contributed by atoms with Crippen LogP contribution < -0.4 is 0 Å². The number of thiocarbonyl (C=S) groups is 1. The number of fused-ring (bicyclic) bond motifs is 1. The third-order valence-electron chi connectivity index (χ3n) is 3.52. The van der Waals surface area contributed by atoms with E-state index in [1.807, 2.05) is 11.8 Å². The van der Waals surface area contributed by atoms with E-state index in [-0.39, 0.29) is 0 Å². The zero-order valence-corrected chi connectivity index (χ0v) is 13.8. The molecule has 0 unspecified atom stereocenters. The molecule has 108 valence electrons. The number of rotatable bonds is 7. The van der Waals surface area contributed by atoms with Gasteiger partial charge in [0.25, 0.3) is 0 Å². The van der Waals surface area contributed by atoms with E-state index in [9.17, 15) is 0 Å². The maximum absolute atomic E-state index is 5.55. The zero-order valence-electron chi connectivity index (χ0n) is 12.2. The number of hydrogen-bond acceptors (Lipinski definition) is 2. The average molecular weight is 306 g/mol. The van der Waals surface area contributed by atoms with Gasteiger partial charge in [0.15, 0.2) is 0 Å². The highest BCUT2D eigenvalue weighted by Crippen LogP contribution is 2.19. The number of aromatic nitrogens is 1. The SMILES string of the molecule is CCCCCCCCSC(=S)n1ccc2ccccc21. The van der Waals surface area contributed by atoms with E-state index in [0.717, 1.165) is 10.1 Å². The highest BCUT2D eigenvalue weighted by molar-refractivity contribution is 8.23. The highest BCUT2D eigenvalue weighted by Gasteiger charge is 2.05. The largest absolute Gasteiger partial charge is 0.302 e. The molecule has 0 bridgehead atoms. The molecule has 2 rings (SSSR count). The van der Waals surface area contributed by atoms with Crippen molar-refractivity contribution >= 4 is 39.2 Å². The Balaban J connectivity index is 1.75. The summed E-state index contributed by atoms with van der Waals surface area (Å²) in [6.07, 6.45) is 10.1. The first-order valence-electron chi connectivity index (χ1n) is 7.56. The Hall–Kier alpha value is -0.800. The predicted molar refractivity (Wildman–Crippen MR) is 95.8 cm³/mol. The second-order valence-electron chi connectivity index (χ2n) is 5.13. The maximum atomic E-state index is 5.55. The summed E-state index contributed by atoms with van der Waals surface area (Å²) in [5, 5.41) is 1.26. The molecule has 0 aliphatic rings. The van der Waals surface area contributed by atoms with E-state index in [2.05, 4.69) is 48.0 Å². The van der Waals surface area contributed by atoms with Gasteiger partial charge in [-0.15, -0.1) is 0 Å². The number of unbranched alkanes of at least 4 members (excludes halogenated alkanes) is 5. The normalized spacial score (nSPS) is 11.1. The third-order valence-corrected chi connectivity index (χ3v) is 5.01. The van der Waals surface area contributed by atoms with Crippen molar-refractivity contribution in [3.63, 3.8) is 0 Å². The van der Waals surface area contributed by atoms with Crippen LogP contribution in [0.5, 0.6) is 0 Å². The van der Waals surface area contributed by atoms with Gasteiger partial charge in [0.05, 0.1) is 5.52 Å². The van der Waals surface area contributed by atoms with Crippen molar-refractivity contribution < 1.29 is 0 Å². The van der Waals surface area contributed by atoms with Crippen molar-refractivity contribution in [1.29, 1.82) is 0 Å². The monoisotopic (exact) mass is 305 g/mol. The number of thioether (sulfide) groups is 1. The van der Waals surface area contributed by atoms with Gasteiger partial charge in [-0.3, -0.25) is 0 Å². The van der Waals surface area contributed by atoms with Gasteiger partial charge < -0.3 is 4.57 Å². The molecule has 0 N–H and O–H groups in total. The lowest BCUT2D eigenvalue weighted by atomic mass is 10.1. The Kier molecular flexibility index (Phi) is 6.61. The van der Waals surface area contributed by atoms with Crippen LogP contribution in [-0.2, 0) is 0 Å². The molecule has 1 nitrogen and oxygen atoms in total. The predicted octanol–water partition coefficient (Wildman–Crippen LogP) is 5.87. The van der Waals surface area contributed by atoms with Crippen LogP contribution in [0.1, 0.15) is 45.4 Å². The van der Waals surface area contributed by atoms with Crippen molar-refractivity contribution in [2.45, 2.75) is 45.4 Å². The summed E-state index contributed by atoms with van der Waals surface area (Å²) in [6.45, 7) is 2.26. The van der Waals surface area contributed by atoms with Gasteiger partial charge in [0.2, 0.25) is 0 Å². The molecule has 0 spiro atoms. The van der Waals surface area contributed by atoms with E-state index in [1.54, 1.807) is 0 Å². The van der Waals surface area contributed by atoms with E-state index in [0.29, 0.717) is 0 Å². The van der Waals surface area contributed by atoms with Crippen molar-refractivity contribution in [1.82, 2.24) is 4.57 Å². The fourth-order valence-corrected chi connectivity index (χ4v) is 3.58. The van der Waals surface area contributed by atoms with Crippen LogP contribution in [0.3, 0.4) is 0 Å². The second kappa shape index (κ2) is 8.48. The molecular formula is C17H23NS2. The van der Waals surface area contributed by atoms with Gasteiger partial charge in [-0.2, -0.15) is 0 Å². The molecule has 0 fully saturated rings. The van der Waals surface area contributed by atoms with Gasteiger partial charge in [0.1, 0.15) is 4.32 Å². The minimum atomic E-state index is 0.972. The first-order valence-corrected chi connectivity index (χ1v) is 8.95. The second-order valence-corrected chi connectivity index (χ2v) is 6.86. The van der Waals surface area contributed by atoms with Crippen LogP contribution in [0.4, 0.5) is 0 Å². The van der Waals surface area contributed by atoms with Gasteiger partial charge in [0, 0.05) is 11.9 Å². The number of para-hydroxylation sites is 1. The van der Waals surface area contributed by atoms with Crippen molar-refractivity contribution in [3.8, 4) is 0 Å². The molecule has 0 aliphatic heterocycles. The maximum Gasteiger partial charge on any atom is 0.144 e. The summed E-state index contributed by atoms with van der Waals surface area (Å²) in [4.78, 5) is 0. The Morgan fingerprint density at radius 3 is 2.65 bits per heavy atom. The highest BCUT2D eigenvalue weighted by atomic mass is 32.2. The van der Waals surface area contributed by atoms with Crippen molar-refractivity contribution in [2.24, 2.45) is 0 Å². The lowest BCUT2D eigenvalue weighted by Gasteiger charge is -2.07. The van der Waals surface area contributed by atoms with E-state index in [1.165, 1.54) is 49.4 Å². The Morgan fingerprint density at radius 2 is 1.80 bits per heavy atom. The van der Waals surface area contributed by atoms with Gasteiger partial charge >= 0.3 is 0 Å². The summed E-state index contributed by atoms with van der Waals surface area (Å²) < 4.78 is 3.10. The number of hydrogen-bond donors (Lipinski definition) is 0. The van der Waals surface area contributed by atoms with Gasteiger partial charge in [-0.25, -0.2) is 0 Å². The molecule has 0 amide bonds. The minimum absolute atomic E-state index is 0.972. The fourth-order valence-electron chi connectivity index (χ4n) is 2.35. The molecule has 1 heterocycles. The van der Waals surface area contributed by atoms with Crippen molar-refractivity contribution in [3.05, 3.63) is 36.5 Å². The molecule has 0 saturated carbocycles. The summed E-state index contributed by atoms with van der Waals surface area (Å²) in [5.41, 5.74) is 1.22. The van der Waals surface area contributed by atoms with Crippen LogP contribution in [0.25, 0.3) is 10.9 Å². The molecule has 0 radical (unpaired) electrons. The van der Waals surface area contributed by atoms with Crippen LogP contribution in [0.15, 0.2) is 36.5 Å². The molecule has 1 aromatic heterocycles. The van der Waals surface area contributed by atoms with E-state index >= 15 is 0 Å². The molecule has 20 heavy (non-hydrogen) atoms. The van der Waals surface area contributed by atoms with Crippen LogP contribution in [-0.4, -0.2) is 14.6 Å². The zero-order chi connectivity index (χ0) is 14.2. The van der Waals surface area contributed by atoms with Gasteiger partial charge in [-0.1, -0.05) is 81.2 Å². The van der Waals surface area contributed by atoms with E-state index in [4.69, 9.17) is 12.2 Å². The van der Waals surface area contributed by atoms with E-state index < -0.39 is 0 Å². The summed E-state index contributed by atoms with van der Waals surface area (Å²) in [5.74, 6) is 1.14. The fraction of sp³-hybridized carbons (Fsp3) is 0.471. The topological polar surface area (TPSA) is 4.93 Å². The Morgan fingerprint density at radius 1 is 1.05 bits per heavy atom. The summed E-state index contributed by atoms with van der Waals surface area (Å²) >= 11 is 7.35. The summed E-state index contributed by atoms with van der Waals surface area (Å²) in [7, 11) is 0. The van der Waals surface area contributed by atoms with Crippen LogP contribution in [0, 0.1) is 0 Å². The molecule has 0 saturated heterocycles. The lowest BCUT2D eigenvalue weighted by molar-refractivity contribution is 0.627.